The van der Waals surface area contributed by atoms with Gasteiger partial charge in [0, 0.05) is 6.54 Å². The Morgan fingerprint density at radius 2 is 2.00 bits per heavy atom. The molecule has 0 saturated carbocycles. The van der Waals surface area contributed by atoms with Crippen molar-refractivity contribution in [3.8, 4) is 5.69 Å². The van der Waals surface area contributed by atoms with Gasteiger partial charge in [-0.05, 0) is 56.1 Å². The van der Waals surface area contributed by atoms with Crippen LogP contribution in [0.25, 0.3) is 16.9 Å². The molecular weight excluding hydrogens is 393 g/mol. The third-order valence-electron chi connectivity index (χ3n) is 4.81. The van der Waals surface area contributed by atoms with E-state index in [9.17, 15) is 13.2 Å². The number of rotatable bonds is 4. The molecular formula is C18H18ClF3N6. The summed E-state index contributed by atoms with van der Waals surface area (Å²) >= 11 is 6.30. The fourth-order valence-electron chi connectivity index (χ4n) is 3.27. The maximum Gasteiger partial charge on any atom is 0.416 e. The SMILES string of the molecule is FC(F)(F)c1cccc(-n2nnc3cc(Cl)c(NCC4CCNCC4)nc32)c1. The van der Waals surface area contributed by atoms with Gasteiger partial charge in [-0.3, -0.25) is 0 Å². The second-order valence-corrected chi connectivity index (χ2v) is 7.19. The largest absolute Gasteiger partial charge is 0.416 e. The highest BCUT2D eigenvalue weighted by Gasteiger charge is 2.30. The zero-order chi connectivity index (χ0) is 19.7. The van der Waals surface area contributed by atoms with Gasteiger partial charge in [0.25, 0.3) is 0 Å². The molecule has 0 radical (unpaired) electrons. The Balaban J connectivity index is 1.65. The van der Waals surface area contributed by atoms with Gasteiger partial charge >= 0.3 is 6.18 Å². The van der Waals surface area contributed by atoms with Crippen molar-refractivity contribution < 1.29 is 13.2 Å². The second-order valence-electron chi connectivity index (χ2n) is 6.79. The highest BCUT2D eigenvalue weighted by Crippen LogP contribution is 2.31. The van der Waals surface area contributed by atoms with E-state index in [1.807, 2.05) is 0 Å². The molecule has 148 valence electrons. The molecule has 1 aliphatic heterocycles. The Morgan fingerprint density at radius 1 is 1.21 bits per heavy atom. The minimum atomic E-state index is -4.44. The van der Waals surface area contributed by atoms with E-state index in [2.05, 4.69) is 25.9 Å². The molecule has 1 fully saturated rings. The van der Waals surface area contributed by atoms with Gasteiger partial charge in [-0.25, -0.2) is 4.98 Å². The Kier molecular flexibility index (Phi) is 5.11. The van der Waals surface area contributed by atoms with E-state index in [0.29, 0.717) is 27.9 Å². The number of benzene rings is 1. The van der Waals surface area contributed by atoms with E-state index >= 15 is 0 Å². The van der Waals surface area contributed by atoms with Crippen LogP contribution in [-0.2, 0) is 6.18 Å². The topological polar surface area (TPSA) is 67.7 Å². The molecule has 28 heavy (non-hydrogen) atoms. The number of fused-ring (bicyclic) bond motifs is 1. The molecule has 0 bridgehead atoms. The quantitative estimate of drug-likeness (QED) is 0.682. The van der Waals surface area contributed by atoms with E-state index in [1.165, 1.54) is 16.8 Å². The third-order valence-corrected chi connectivity index (χ3v) is 5.10. The molecule has 2 N–H and O–H groups in total. The van der Waals surface area contributed by atoms with Crippen LogP contribution in [0.3, 0.4) is 0 Å². The molecule has 2 aromatic heterocycles. The number of hydrogen-bond donors (Lipinski definition) is 2. The summed E-state index contributed by atoms with van der Waals surface area (Å²) in [5, 5.41) is 14.9. The maximum atomic E-state index is 13.0. The Bertz CT molecular complexity index is 981. The van der Waals surface area contributed by atoms with E-state index in [1.54, 1.807) is 6.07 Å². The molecule has 0 amide bonds. The van der Waals surface area contributed by atoms with E-state index < -0.39 is 11.7 Å². The number of piperidine rings is 1. The molecule has 4 rings (SSSR count). The summed E-state index contributed by atoms with van der Waals surface area (Å²) in [6, 6.07) is 6.51. The van der Waals surface area contributed by atoms with Gasteiger partial charge in [0.2, 0.25) is 0 Å². The van der Waals surface area contributed by atoms with Gasteiger partial charge in [-0.1, -0.05) is 22.9 Å². The van der Waals surface area contributed by atoms with Crippen molar-refractivity contribution in [2.24, 2.45) is 5.92 Å². The van der Waals surface area contributed by atoms with Crippen LogP contribution in [0.15, 0.2) is 30.3 Å². The highest BCUT2D eigenvalue weighted by atomic mass is 35.5. The molecule has 0 aliphatic carbocycles. The van der Waals surface area contributed by atoms with Crippen LogP contribution in [0.4, 0.5) is 19.0 Å². The van der Waals surface area contributed by atoms with Crippen molar-refractivity contribution in [3.63, 3.8) is 0 Å². The zero-order valence-electron chi connectivity index (χ0n) is 14.8. The lowest BCUT2D eigenvalue weighted by atomic mass is 9.98. The summed E-state index contributed by atoms with van der Waals surface area (Å²) < 4.78 is 40.4. The summed E-state index contributed by atoms with van der Waals surface area (Å²) in [5.41, 5.74) is 0.231. The molecule has 1 saturated heterocycles. The lowest BCUT2D eigenvalue weighted by molar-refractivity contribution is -0.137. The molecule has 0 atom stereocenters. The smallest absolute Gasteiger partial charge is 0.368 e. The van der Waals surface area contributed by atoms with Gasteiger partial charge in [-0.2, -0.15) is 17.9 Å². The molecule has 1 aromatic carbocycles. The summed E-state index contributed by atoms with van der Waals surface area (Å²) in [6.45, 7) is 2.70. The van der Waals surface area contributed by atoms with Crippen molar-refractivity contribution in [1.29, 1.82) is 0 Å². The van der Waals surface area contributed by atoms with Crippen molar-refractivity contribution in [2.75, 3.05) is 25.0 Å². The van der Waals surface area contributed by atoms with Crippen LogP contribution >= 0.6 is 11.6 Å². The van der Waals surface area contributed by atoms with Crippen LogP contribution in [0, 0.1) is 5.92 Å². The monoisotopic (exact) mass is 410 g/mol. The van der Waals surface area contributed by atoms with E-state index in [0.717, 1.165) is 44.6 Å². The lowest BCUT2D eigenvalue weighted by Gasteiger charge is -2.23. The second kappa shape index (κ2) is 7.56. The Morgan fingerprint density at radius 3 is 2.75 bits per heavy atom. The Hall–Kier alpha value is -2.39. The number of anilines is 1. The minimum absolute atomic E-state index is 0.233. The first-order chi connectivity index (χ1) is 13.4. The van der Waals surface area contributed by atoms with Crippen LogP contribution in [0.5, 0.6) is 0 Å². The number of nitrogens with zero attached hydrogens (tertiary/aromatic N) is 4. The van der Waals surface area contributed by atoms with E-state index in [-0.39, 0.29) is 5.69 Å². The number of nitrogens with one attached hydrogen (secondary N) is 2. The standard InChI is InChI=1S/C18H18ClF3N6/c19-14-9-15-17(25-16(14)24-10-11-4-6-23-7-5-11)28(27-26-15)13-3-1-2-12(8-13)18(20,21)22/h1-3,8-9,11,23H,4-7,10H2,(H,24,25). The first-order valence-corrected chi connectivity index (χ1v) is 9.34. The van der Waals surface area contributed by atoms with Gasteiger partial charge in [-0.15, -0.1) is 5.10 Å². The number of hydrogen-bond acceptors (Lipinski definition) is 5. The molecule has 3 aromatic rings. The van der Waals surface area contributed by atoms with Crippen molar-refractivity contribution in [3.05, 3.63) is 40.9 Å². The highest BCUT2D eigenvalue weighted by molar-refractivity contribution is 6.33. The first-order valence-electron chi connectivity index (χ1n) is 8.96. The number of pyridine rings is 1. The summed E-state index contributed by atoms with van der Waals surface area (Å²) in [4.78, 5) is 4.49. The predicted molar refractivity (Wildman–Crippen MR) is 101 cm³/mol. The number of alkyl halides is 3. The van der Waals surface area contributed by atoms with Crippen molar-refractivity contribution in [2.45, 2.75) is 19.0 Å². The fraction of sp³-hybridized carbons (Fsp3) is 0.389. The zero-order valence-corrected chi connectivity index (χ0v) is 15.6. The predicted octanol–water partition coefficient (Wildman–Crippen LogP) is 3.90. The number of halogens is 4. The first kappa shape index (κ1) is 18.9. The van der Waals surface area contributed by atoms with Crippen molar-refractivity contribution in [1.82, 2.24) is 25.3 Å². The molecule has 3 heterocycles. The van der Waals surface area contributed by atoms with E-state index in [4.69, 9.17) is 11.6 Å². The minimum Gasteiger partial charge on any atom is -0.368 e. The van der Waals surface area contributed by atoms with Gasteiger partial charge < -0.3 is 10.6 Å². The third kappa shape index (κ3) is 3.90. The van der Waals surface area contributed by atoms with Crippen LogP contribution < -0.4 is 10.6 Å². The average molecular weight is 411 g/mol. The van der Waals surface area contributed by atoms with Crippen LogP contribution in [0.1, 0.15) is 18.4 Å². The maximum absolute atomic E-state index is 13.0. The fourth-order valence-corrected chi connectivity index (χ4v) is 3.49. The van der Waals surface area contributed by atoms with Crippen LogP contribution in [0.2, 0.25) is 5.02 Å². The molecule has 6 nitrogen and oxygen atoms in total. The van der Waals surface area contributed by atoms with Gasteiger partial charge in [0.05, 0.1) is 16.3 Å². The Labute approximate surface area is 164 Å². The van der Waals surface area contributed by atoms with Gasteiger partial charge in [0.15, 0.2) is 5.65 Å². The summed E-state index contributed by atoms with van der Waals surface area (Å²) in [6.07, 6.45) is -2.31. The normalized spacial score (nSPS) is 15.9. The average Bonchev–Trinajstić information content (AvgIpc) is 3.09. The number of aromatic nitrogens is 4. The molecule has 0 spiro atoms. The summed E-state index contributed by atoms with van der Waals surface area (Å²) in [5.74, 6) is 0.990. The summed E-state index contributed by atoms with van der Waals surface area (Å²) in [7, 11) is 0. The molecule has 1 aliphatic rings. The lowest BCUT2D eigenvalue weighted by Crippen LogP contribution is -2.31. The van der Waals surface area contributed by atoms with Crippen LogP contribution in [-0.4, -0.2) is 39.6 Å². The molecule has 10 heteroatoms. The molecule has 0 unspecified atom stereocenters. The van der Waals surface area contributed by atoms with Gasteiger partial charge in [0.1, 0.15) is 11.3 Å². The van der Waals surface area contributed by atoms with Crippen molar-refractivity contribution >= 4 is 28.6 Å².